The van der Waals surface area contributed by atoms with E-state index in [0.717, 1.165) is 41.1 Å². The number of carbonyl (C=O) groups is 1. The lowest BCUT2D eigenvalue weighted by Crippen LogP contribution is -2.46. The fourth-order valence-electron chi connectivity index (χ4n) is 2.92. The number of aryl methyl sites for hydroxylation is 1. The van der Waals surface area contributed by atoms with Crippen LogP contribution >= 0.6 is 11.3 Å². The van der Waals surface area contributed by atoms with E-state index in [2.05, 4.69) is 10.3 Å². The molecule has 0 aliphatic heterocycles. The first-order valence-corrected chi connectivity index (χ1v) is 7.58. The van der Waals surface area contributed by atoms with Crippen molar-refractivity contribution in [1.82, 2.24) is 10.3 Å². The molecule has 1 aromatic carbocycles. The number of fused-ring (bicyclic) bond motifs is 1. The van der Waals surface area contributed by atoms with Gasteiger partial charge in [0.15, 0.2) is 5.13 Å². The molecule has 0 radical (unpaired) electrons. The molecule has 5 nitrogen and oxygen atoms in total. The lowest BCUT2D eigenvalue weighted by Gasteiger charge is -2.36. The van der Waals surface area contributed by atoms with Gasteiger partial charge >= 0.3 is 0 Å². The summed E-state index contributed by atoms with van der Waals surface area (Å²) < 4.78 is 5.30. The summed E-state index contributed by atoms with van der Waals surface area (Å²) in [5, 5.41) is 3.61. The number of nitrogens with two attached hydrogens (primary N) is 1. The minimum atomic E-state index is -0.414. The first-order chi connectivity index (χ1) is 10.2. The largest absolute Gasteiger partial charge is 0.497 e. The summed E-state index contributed by atoms with van der Waals surface area (Å²) in [6, 6.07) is 7.84. The Balaban J connectivity index is 2.02. The molecule has 21 heavy (non-hydrogen) atoms. The highest BCUT2D eigenvalue weighted by Gasteiger charge is 2.37. The Labute approximate surface area is 127 Å². The minimum Gasteiger partial charge on any atom is -0.497 e. The summed E-state index contributed by atoms with van der Waals surface area (Å²) in [6.45, 7) is 0. The maximum absolute atomic E-state index is 11.1. The number of benzene rings is 1. The second-order valence-corrected chi connectivity index (χ2v) is 6.29. The van der Waals surface area contributed by atoms with Crippen molar-refractivity contribution >= 4 is 22.9 Å². The zero-order valence-corrected chi connectivity index (χ0v) is 12.6. The van der Waals surface area contributed by atoms with E-state index in [4.69, 9.17) is 10.5 Å². The number of anilines is 1. The van der Waals surface area contributed by atoms with Crippen molar-refractivity contribution in [2.24, 2.45) is 0 Å². The molecule has 1 atom stereocenters. The molecule has 2 aromatic rings. The Bertz CT molecular complexity index is 671. The molecule has 1 amide bonds. The van der Waals surface area contributed by atoms with Gasteiger partial charge in [-0.15, -0.1) is 11.3 Å². The van der Waals surface area contributed by atoms with Gasteiger partial charge in [0.2, 0.25) is 6.41 Å². The summed E-state index contributed by atoms with van der Waals surface area (Å²) in [5.74, 6) is 0.786. The normalized spacial score (nSPS) is 20.6. The number of nitrogen functional groups attached to an aromatic ring is 1. The molecule has 3 N–H and O–H groups in total. The number of rotatable bonds is 4. The summed E-state index contributed by atoms with van der Waals surface area (Å²) in [5.41, 5.74) is 7.49. The Morgan fingerprint density at radius 1 is 1.52 bits per heavy atom. The van der Waals surface area contributed by atoms with Crippen LogP contribution < -0.4 is 15.8 Å². The number of aromatic nitrogens is 1. The third kappa shape index (κ3) is 2.47. The molecule has 1 aliphatic rings. The minimum absolute atomic E-state index is 0.414. The number of carbonyl (C=O) groups excluding carboxylic acids is 1. The van der Waals surface area contributed by atoms with Gasteiger partial charge in [-0.1, -0.05) is 12.1 Å². The highest BCUT2D eigenvalue weighted by Crippen LogP contribution is 2.39. The van der Waals surface area contributed by atoms with Crippen LogP contribution in [0.2, 0.25) is 0 Å². The average Bonchev–Trinajstić information content (AvgIpc) is 2.86. The molecule has 0 saturated carbocycles. The highest BCUT2D eigenvalue weighted by molar-refractivity contribution is 7.15. The predicted molar refractivity (Wildman–Crippen MR) is 82.4 cm³/mol. The van der Waals surface area contributed by atoms with Gasteiger partial charge in [-0.05, 0) is 30.5 Å². The average molecular weight is 303 g/mol. The number of ether oxygens (including phenoxy) is 1. The van der Waals surface area contributed by atoms with E-state index in [1.807, 2.05) is 24.3 Å². The van der Waals surface area contributed by atoms with E-state index in [1.54, 1.807) is 7.11 Å². The summed E-state index contributed by atoms with van der Waals surface area (Å²) >= 11 is 1.50. The molecule has 6 heteroatoms. The zero-order chi connectivity index (χ0) is 14.9. The topological polar surface area (TPSA) is 77.2 Å². The Kier molecular flexibility index (Phi) is 3.55. The number of amides is 1. The van der Waals surface area contributed by atoms with E-state index in [9.17, 15) is 4.79 Å². The third-order valence-electron chi connectivity index (χ3n) is 4.00. The number of nitrogens with zero attached hydrogens (tertiary/aromatic N) is 1. The summed E-state index contributed by atoms with van der Waals surface area (Å²) in [7, 11) is 1.64. The van der Waals surface area contributed by atoms with E-state index in [-0.39, 0.29) is 0 Å². The van der Waals surface area contributed by atoms with Crippen molar-refractivity contribution in [3.05, 3.63) is 40.4 Å². The lowest BCUT2D eigenvalue weighted by atomic mass is 9.78. The Morgan fingerprint density at radius 3 is 3.14 bits per heavy atom. The van der Waals surface area contributed by atoms with E-state index < -0.39 is 5.54 Å². The van der Waals surface area contributed by atoms with Crippen LogP contribution in [0.5, 0.6) is 5.75 Å². The molecular formula is C15H17N3O2S. The second kappa shape index (κ2) is 5.37. The zero-order valence-electron chi connectivity index (χ0n) is 11.8. The van der Waals surface area contributed by atoms with Crippen molar-refractivity contribution < 1.29 is 9.53 Å². The molecule has 3 rings (SSSR count). The van der Waals surface area contributed by atoms with Gasteiger partial charge in [-0.3, -0.25) is 4.79 Å². The quantitative estimate of drug-likeness (QED) is 0.845. The number of thiazole rings is 1. The SMILES string of the molecule is COc1cccc(C2(NC=O)CCc3nc(N)sc3C2)c1. The van der Waals surface area contributed by atoms with E-state index >= 15 is 0 Å². The number of hydrogen-bond acceptors (Lipinski definition) is 5. The first kappa shape index (κ1) is 13.9. The molecule has 0 spiro atoms. The summed E-state index contributed by atoms with van der Waals surface area (Å²) in [6.07, 6.45) is 3.09. The van der Waals surface area contributed by atoms with Crippen molar-refractivity contribution in [2.75, 3.05) is 12.8 Å². The van der Waals surface area contributed by atoms with Gasteiger partial charge in [-0.2, -0.15) is 0 Å². The molecule has 1 aromatic heterocycles. The second-order valence-electron chi connectivity index (χ2n) is 5.18. The van der Waals surface area contributed by atoms with Crippen molar-refractivity contribution in [1.29, 1.82) is 0 Å². The lowest BCUT2D eigenvalue weighted by molar-refractivity contribution is -0.111. The van der Waals surface area contributed by atoms with Gasteiger partial charge in [-0.25, -0.2) is 4.98 Å². The number of nitrogens with one attached hydrogen (secondary N) is 1. The third-order valence-corrected chi connectivity index (χ3v) is 4.93. The van der Waals surface area contributed by atoms with Crippen LogP contribution in [0, 0.1) is 0 Å². The first-order valence-electron chi connectivity index (χ1n) is 6.77. The standard InChI is InChI=1S/C15H17N3O2S/c1-20-11-4-2-3-10(7-11)15(17-9-19)6-5-12-13(8-15)21-14(16)18-12/h2-4,7,9H,5-6,8H2,1H3,(H2,16,18)(H,17,19). The number of methoxy groups -OCH3 is 1. The number of hydrogen-bond donors (Lipinski definition) is 2. The maximum Gasteiger partial charge on any atom is 0.207 e. The van der Waals surface area contributed by atoms with Gasteiger partial charge in [0.05, 0.1) is 18.3 Å². The smallest absolute Gasteiger partial charge is 0.207 e. The van der Waals surface area contributed by atoms with Crippen LogP contribution in [0.1, 0.15) is 22.6 Å². The monoisotopic (exact) mass is 303 g/mol. The van der Waals surface area contributed by atoms with Crippen molar-refractivity contribution in [2.45, 2.75) is 24.8 Å². The molecule has 0 fully saturated rings. The highest BCUT2D eigenvalue weighted by atomic mass is 32.1. The molecule has 1 heterocycles. The molecule has 0 bridgehead atoms. The van der Waals surface area contributed by atoms with Crippen LogP contribution in [0.25, 0.3) is 0 Å². The van der Waals surface area contributed by atoms with Crippen molar-refractivity contribution in [3.8, 4) is 5.75 Å². The van der Waals surface area contributed by atoms with Gasteiger partial charge in [0, 0.05) is 11.3 Å². The maximum atomic E-state index is 11.1. The van der Waals surface area contributed by atoms with Crippen LogP contribution in [0.3, 0.4) is 0 Å². The van der Waals surface area contributed by atoms with Crippen molar-refractivity contribution in [3.63, 3.8) is 0 Å². The Morgan fingerprint density at radius 2 is 2.38 bits per heavy atom. The van der Waals surface area contributed by atoms with E-state index in [1.165, 1.54) is 11.3 Å². The van der Waals surface area contributed by atoms with E-state index in [0.29, 0.717) is 11.6 Å². The molecular weight excluding hydrogens is 286 g/mol. The molecule has 1 aliphatic carbocycles. The van der Waals surface area contributed by atoms with Gasteiger partial charge in [0.1, 0.15) is 5.75 Å². The molecule has 1 unspecified atom stereocenters. The fourth-order valence-corrected chi connectivity index (χ4v) is 3.91. The predicted octanol–water partition coefficient (Wildman–Crippen LogP) is 1.86. The van der Waals surface area contributed by atoms with Gasteiger partial charge < -0.3 is 15.8 Å². The fraction of sp³-hybridized carbons (Fsp3) is 0.333. The van der Waals surface area contributed by atoms with Crippen LogP contribution in [-0.2, 0) is 23.2 Å². The van der Waals surface area contributed by atoms with Crippen LogP contribution in [-0.4, -0.2) is 18.5 Å². The van der Waals surface area contributed by atoms with Crippen LogP contribution in [0.4, 0.5) is 5.13 Å². The summed E-state index contributed by atoms with van der Waals surface area (Å²) in [4.78, 5) is 16.7. The van der Waals surface area contributed by atoms with Gasteiger partial charge in [0.25, 0.3) is 0 Å². The van der Waals surface area contributed by atoms with Crippen LogP contribution in [0.15, 0.2) is 24.3 Å². The molecule has 0 saturated heterocycles. The molecule has 110 valence electrons. The Hall–Kier alpha value is -2.08.